The van der Waals surface area contributed by atoms with Crippen LogP contribution >= 0.6 is 35.3 Å². The first-order valence-corrected chi connectivity index (χ1v) is 8.33. The highest BCUT2D eigenvalue weighted by atomic mass is 127. The van der Waals surface area contributed by atoms with Crippen molar-refractivity contribution < 1.29 is 4.39 Å². The molecule has 0 saturated heterocycles. The van der Waals surface area contributed by atoms with Gasteiger partial charge >= 0.3 is 0 Å². The smallest absolute Gasteiger partial charge is 0.193 e. The molecular formula is C17H23FIN3S. The van der Waals surface area contributed by atoms with Gasteiger partial charge in [0, 0.05) is 25.0 Å². The molecule has 0 bridgehead atoms. The zero-order chi connectivity index (χ0) is 15.8. The Labute approximate surface area is 158 Å². The maximum atomic E-state index is 12.9. The fourth-order valence-electron chi connectivity index (χ4n) is 2.06. The number of hydrogen-bond donors (Lipinski definition) is 1. The number of nitrogens with one attached hydrogen (secondary N) is 1. The van der Waals surface area contributed by atoms with Gasteiger partial charge in [-0.25, -0.2) is 9.38 Å². The summed E-state index contributed by atoms with van der Waals surface area (Å²) in [4.78, 5) is 8.13. The number of likely N-dealkylation sites (N-methyl/N-ethyl adjacent to an activating group) is 1. The summed E-state index contributed by atoms with van der Waals surface area (Å²) in [5, 5.41) is 5.40. The zero-order valence-corrected chi connectivity index (χ0v) is 16.6. The van der Waals surface area contributed by atoms with E-state index in [1.807, 2.05) is 7.05 Å². The largest absolute Gasteiger partial charge is 0.357 e. The lowest BCUT2D eigenvalue weighted by Crippen LogP contribution is -2.39. The minimum atomic E-state index is -0.215. The molecule has 0 radical (unpaired) electrons. The molecule has 1 heterocycles. The molecule has 3 nitrogen and oxygen atoms in total. The summed E-state index contributed by atoms with van der Waals surface area (Å²) in [6.07, 6.45) is 1.01. The molecule has 0 spiro atoms. The first-order valence-electron chi connectivity index (χ1n) is 7.45. The van der Waals surface area contributed by atoms with E-state index >= 15 is 0 Å². The van der Waals surface area contributed by atoms with Crippen LogP contribution in [0, 0.1) is 5.82 Å². The van der Waals surface area contributed by atoms with Crippen molar-refractivity contribution in [3.05, 3.63) is 58.0 Å². The van der Waals surface area contributed by atoms with Crippen LogP contribution < -0.4 is 5.32 Å². The van der Waals surface area contributed by atoms with E-state index in [-0.39, 0.29) is 29.8 Å². The Morgan fingerprint density at radius 3 is 2.61 bits per heavy atom. The number of aliphatic imine (C=N–C) groups is 1. The third kappa shape index (κ3) is 6.87. The normalized spacial score (nSPS) is 11.0. The molecule has 23 heavy (non-hydrogen) atoms. The van der Waals surface area contributed by atoms with Gasteiger partial charge in [-0.05, 0) is 42.5 Å². The molecule has 126 valence electrons. The molecule has 0 aliphatic carbocycles. The van der Waals surface area contributed by atoms with E-state index in [2.05, 4.69) is 39.6 Å². The van der Waals surface area contributed by atoms with Gasteiger partial charge in [0.1, 0.15) is 5.82 Å². The number of halogens is 2. The van der Waals surface area contributed by atoms with Gasteiger partial charge in [0.25, 0.3) is 0 Å². The molecule has 2 aromatic rings. The molecule has 6 heteroatoms. The second-order valence-electron chi connectivity index (χ2n) is 5.05. The number of thiophene rings is 1. The number of guanidine groups is 1. The van der Waals surface area contributed by atoms with E-state index in [1.54, 1.807) is 23.5 Å². The number of nitrogens with zero attached hydrogens (tertiary/aromatic N) is 2. The van der Waals surface area contributed by atoms with Gasteiger partial charge in [0.15, 0.2) is 5.96 Å². The first-order chi connectivity index (χ1) is 10.7. The molecule has 0 amide bonds. The lowest BCUT2D eigenvalue weighted by Gasteiger charge is -2.21. The molecule has 0 aliphatic heterocycles. The Morgan fingerprint density at radius 2 is 2.00 bits per heavy atom. The molecule has 2 rings (SSSR count). The second-order valence-corrected chi connectivity index (χ2v) is 6.08. The SMILES string of the molecule is CCNC(=NCc1ccc(F)cc1)N(C)CCc1cccs1.I. The molecule has 1 aromatic carbocycles. The third-order valence-corrected chi connectivity index (χ3v) is 4.23. The summed E-state index contributed by atoms with van der Waals surface area (Å²) >= 11 is 1.78. The van der Waals surface area contributed by atoms with Crippen LogP contribution in [-0.2, 0) is 13.0 Å². The van der Waals surface area contributed by atoms with E-state index in [4.69, 9.17) is 0 Å². The fraction of sp³-hybridized carbons (Fsp3) is 0.353. The Bertz CT molecular complexity index is 584. The molecule has 0 aliphatic rings. The van der Waals surface area contributed by atoms with Crippen molar-refractivity contribution in [3.8, 4) is 0 Å². The molecule has 0 saturated carbocycles. The van der Waals surface area contributed by atoms with E-state index in [9.17, 15) is 4.39 Å². The van der Waals surface area contributed by atoms with Crippen molar-refractivity contribution in [3.63, 3.8) is 0 Å². The summed E-state index contributed by atoms with van der Waals surface area (Å²) < 4.78 is 12.9. The van der Waals surface area contributed by atoms with Gasteiger partial charge in [0.2, 0.25) is 0 Å². The highest BCUT2D eigenvalue weighted by molar-refractivity contribution is 14.0. The lowest BCUT2D eigenvalue weighted by atomic mass is 10.2. The van der Waals surface area contributed by atoms with Gasteiger partial charge < -0.3 is 10.2 Å². The second kappa shape index (κ2) is 10.6. The minimum absolute atomic E-state index is 0. The highest BCUT2D eigenvalue weighted by Gasteiger charge is 2.06. The van der Waals surface area contributed by atoms with E-state index in [1.165, 1.54) is 17.0 Å². The molecule has 0 atom stereocenters. The van der Waals surface area contributed by atoms with Crippen LogP contribution in [0.15, 0.2) is 46.8 Å². The Hall–Kier alpha value is -1.15. The van der Waals surface area contributed by atoms with Gasteiger partial charge in [-0.3, -0.25) is 0 Å². The predicted molar refractivity (Wildman–Crippen MR) is 107 cm³/mol. The average Bonchev–Trinajstić information content (AvgIpc) is 3.04. The predicted octanol–water partition coefficient (Wildman–Crippen LogP) is 4.15. The summed E-state index contributed by atoms with van der Waals surface area (Å²) in [6, 6.07) is 10.7. The van der Waals surface area contributed by atoms with Crippen molar-refractivity contribution in [2.45, 2.75) is 19.9 Å². The van der Waals surface area contributed by atoms with E-state index in [0.29, 0.717) is 6.54 Å². The van der Waals surface area contributed by atoms with Crippen molar-refractivity contribution >= 4 is 41.3 Å². The number of hydrogen-bond acceptors (Lipinski definition) is 2. The van der Waals surface area contributed by atoms with E-state index < -0.39 is 0 Å². The topological polar surface area (TPSA) is 27.6 Å². The van der Waals surface area contributed by atoms with Crippen LogP contribution in [0.3, 0.4) is 0 Å². The van der Waals surface area contributed by atoms with Gasteiger partial charge in [-0.2, -0.15) is 0 Å². The molecular weight excluding hydrogens is 424 g/mol. The Balaban J connectivity index is 0.00000264. The van der Waals surface area contributed by atoms with Gasteiger partial charge in [0.05, 0.1) is 6.54 Å². The monoisotopic (exact) mass is 447 g/mol. The number of benzene rings is 1. The van der Waals surface area contributed by atoms with Crippen LogP contribution in [0.1, 0.15) is 17.4 Å². The summed E-state index contributed by atoms with van der Waals surface area (Å²) in [7, 11) is 2.04. The number of rotatable bonds is 6. The summed E-state index contributed by atoms with van der Waals surface area (Å²) in [6.45, 7) is 4.34. The molecule has 0 unspecified atom stereocenters. The molecule has 1 N–H and O–H groups in total. The van der Waals surface area contributed by atoms with Gasteiger partial charge in [-0.1, -0.05) is 18.2 Å². The first kappa shape index (κ1) is 19.9. The Kier molecular flexibility index (Phi) is 9.16. The maximum absolute atomic E-state index is 12.9. The minimum Gasteiger partial charge on any atom is -0.357 e. The Morgan fingerprint density at radius 1 is 1.26 bits per heavy atom. The van der Waals surface area contributed by atoms with Crippen molar-refractivity contribution in [1.82, 2.24) is 10.2 Å². The average molecular weight is 447 g/mol. The highest BCUT2D eigenvalue weighted by Crippen LogP contribution is 2.10. The maximum Gasteiger partial charge on any atom is 0.193 e. The van der Waals surface area contributed by atoms with Crippen LogP contribution in [0.2, 0.25) is 0 Å². The van der Waals surface area contributed by atoms with Crippen LogP contribution in [0.25, 0.3) is 0 Å². The van der Waals surface area contributed by atoms with Crippen molar-refractivity contribution in [1.29, 1.82) is 0 Å². The zero-order valence-electron chi connectivity index (χ0n) is 13.5. The standard InChI is InChI=1S/C17H22FN3S.HI/c1-3-19-17(20-13-14-6-8-15(18)9-7-14)21(2)11-10-16-5-4-12-22-16;/h4-9,12H,3,10-11,13H2,1-2H3,(H,19,20);1H. The lowest BCUT2D eigenvalue weighted by molar-refractivity contribution is 0.486. The van der Waals surface area contributed by atoms with Crippen molar-refractivity contribution in [2.75, 3.05) is 20.1 Å². The third-order valence-electron chi connectivity index (χ3n) is 3.29. The van der Waals surface area contributed by atoms with Crippen LogP contribution in [0.5, 0.6) is 0 Å². The van der Waals surface area contributed by atoms with Crippen LogP contribution in [0.4, 0.5) is 4.39 Å². The van der Waals surface area contributed by atoms with Gasteiger partial charge in [-0.15, -0.1) is 35.3 Å². The van der Waals surface area contributed by atoms with Crippen molar-refractivity contribution in [2.24, 2.45) is 4.99 Å². The molecule has 1 aromatic heterocycles. The van der Waals surface area contributed by atoms with E-state index in [0.717, 1.165) is 31.0 Å². The van der Waals surface area contributed by atoms with Crippen LogP contribution in [-0.4, -0.2) is 31.0 Å². The summed E-state index contributed by atoms with van der Waals surface area (Å²) in [5.74, 6) is 0.663. The summed E-state index contributed by atoms with van der Waals surface area (Å²) in [5.41, 5.74) is 1.00. The quantitative estimate of drug-likeness (QED) is 0.410. The fourth-order valence-corrected chi connectivity index (χ4v) is 2.76. The molecule has 0 fully saturated rings.